The smallest absolute Gasteiger partial charge is 0.156 e. The van der Waals surface area contributed by atoms with E-state index in [0.717, 1.165) is 64.2 Å². The summed E-state index contributed by atoms with van der Waals surface area (Å²) in [6, 6.07) is 12.0. The average Bonchev–Trinajstić information content (AvgIpc) is 2.89. The third-order valence-electron chi connectivity index (χ3n) is 6.95. The second kappa shape index (κ2) is 8.48. The van der Waals surface area contributed by atoms with E-state index in [4.69, 9.17) is 20.2 Å². The van der Waals surface area contributed by atoms with E-state index in [0.29, 0.717) is 17.4 Å². The van der Waals surface area contributed by atoms with Crippen LogP contribution >= 0.6 is 0 Å². The number of amidine groups is 1. The Morgan fingerprint density at radius 2 is 1.89 bits per heavy atom. The first kappa shape index (κ1) is 22.3. The van der Waals surface area contributed by atoms with Gasteiger partial charge in [-0.15, -0.1) is 0 Å². The first-order valence-corrected chi connectivity index (χ1v) is 12.2. The fourth-order valence-electron chi connectivity index (χ4n) is 5.11. The third-order valence-corrected chi connectivity index (χ3v) is 6.95. The number of rotatable bonds is 4. The minimum absolute atomic E-state index is 0.287. The number of hydrogen-bond donors (Lipinski definition) is 2. The maximum Gasteiger partial charge on any atom is 0.156 e. The molecule has 0 bridgehead atoms. The van der Waals surface area contributed by atoms with Crippen LogP contribution in [0.3, 0.4) is 0 Å². The van der Waals surface area contributed by atoms with Crippen LogP contribution in [0, 0.1) is 0 Å². The Kier molecular flexibility index (Phi) is 5.25. The van der Waals surface area contributed by atoms with E-state index >= 15 is 0 Å². The van der Waals surface area contributed by atoms with Gasteiger partial charge in [0.1, 0.15) is 22.6 Å². The quantitative estimate of drug-likeness (QED) is 0.380. The highest BCUT2D eigenvalue weighted by Crippen LogP contribution is 2.53. The van der Waals surface area contributed by atoms with Crippen LogP contribution in [-0.4, -0.2) is 27.9 Å². The number of anilines is 2. The SMILES string of the molecule is COc1cnc2c(Nc3ccc4c(c3)[C@@]3(CCCC(N)=N3)c3cc(C(C)C)ncc3O4)nccc2c1. The molecule has 8 heteroatoms. The topological polar surface area (TPSA) is 108 Å². The molecule has 6 rings (SSSR count). The Labute approximate surface area is 209 Å². The van der Waals surface area contributed by atoms with E-state index < -0.39 is 5.54 Å². The summed E-state index contributed by atoms with van der Waals surface area (Å²) >= 11 is 0. The Morgan fingerprint density at radius 3 is 2.69 bits per heavy atom. The van der Waals surface area contributed by atoms with Crippen LogP contribution in [-0.2, 0) is 5.54 Å². The molecule has 3 N–H and O–H groups in total. The van der Waals surface area contributed by atoms with Gasteiger partial charge < -0.3 is 20.5 Å². The number of pyridine rings is 3. The van der Waals surface area contributed by atoms with Crippen LogP contribution < -0.4 is 20.5 Å². The maximum absolute atomic E-state index is 6.35. The van der Waals surface area contributed by atoms with Crippen molar-refractivity contribution in [3.05, 3.63) is 71.8 Å². The molecule has 5 heterocycles. The molecule has 4 aromatic rings. The molecular formula is C28H28N6O2. The summed E-state index contributed by atoms with van der Waals surface area (Å²) in [5, 5.41) is 4.40. The first-order chi connectivity index (χ1) is 17.5. The van der Waals surface area contributed by atoms with Crippen molar-refractivity contribution < 1.29 is 9.47 Å². The van der Waals surface area contributed by atoms with Crippen molar-refractivity contribution in [1.82, 2.24) is 15.0 Å². The number of methoxy groups -OCH3 is 1. The molecule has 0 saturated carbocycles. The molecule has 0 fully saturated rings. The minimum Gasteiger partial charge on any atom is -0.495 e. The van der Waals surface area contributed by atoms with Crippen molar-refractivity contribution in [3.63, 3.8) is 0 Å². The van der Waals surface area contributed by atoms with Gasteiger partial charge in [0.15, 0.2) is 11.6 Å². The van der Waals surface area contributed by atoms with Gasteiger partial charge in [-0.05, 0) is 55.2 Å². The molecule has 1 spiro atoms. The Bertz CT molecular complexity index is 1520. The van der Waals surface area contributed by atoms with Crippen LogP contribution in [0.4, 0.5) is 11.5 Å². The van der Waals surface area contributed by atoms with Crippen molar-refractivity contribution in [2.75, 3.05) is 12.4 Å². The Hall–Kier alpha value is -4.20. The molecule has 2 aliphatic rings. The molecule has 0 unspecified atom stereocenters. The van der Waals surface area contributed by atoms with Crippen LogP contribution in [0.5, 0.6) is 17.2 Å². The highest BCUT2D eigenvalue weighted by Gasteiger charge is 2.44. The van der Waals surface area contributed by atoms with Crippen molar-refractivity contribution >= 4 is 28.2 Å². The molecule has 1 aromatic carbocycles. The van der Waals surface area contributed by atoms with Crippen molar-refractivity contribution in [2.24, 2.45) is 10.7 Å². The van der Waals surface area contributed by atoms with Gasteiger partial charge in [0.05, 0.1) is 25.3 Å². The van der Waals surface area contributed by atoms with Gasteiger partial charge >= 0.3 is 0 Å². The van der Waals surface area contributed by atoms with E-state index in [1.807, 2.05) is 30.5 Å². The van der Waals surface area contributed by atoms with Crippen molar-refractivity contribution in [2.45, 2.75) is 44.6 Å². The molecule has 3 aromatic heterocycles. The summed E-state index contributed by atoms with van der Waals surface area (Å²) in [6.45, 7) is 4.28. The van der Waals surface area contributed by atoms with Crippen LogP contribution in [0.1, 0.15) is 55.8 Å². The maximum atomic E-state index is 6.35. The lowest BCUT2D eigenvalue weighted by Crippen LogP contribution is -2.36. The number of fused-ring (bicyclic) bond motifs is 5. The zero-order valence-corrected chi connectivity index (χ0v) is 20.6. The molecule has 36 heavy (non-hydrogen) atoms. The molecular weight excluding hydrogens is 452 g/mol. The third kappa shape index (κ3) is 3.61. The highest BCUT2D eigenvalue weighted by atomic mass is 16.5. The van der Waals surface area contributed by atoms with E-state index in [-0.39, 0.29) is 5.92 Å². The predicted octanol–water partition coefficient (Wildman–Crippen LogP) is 5.79. The van der Waals surface area contributed by atoms with Gasteiger partial charge in [-0.2, -0.15) is 0 Å². The van der Waals surface area contributed by atoms with Crippen molar-refractivity contribution in [3.8, 4) is 17.2 Å². The number of hydrogen-bond acceptors (Lipinski definition) is 8. The Morgan fingerprint density at radius 1 is 1.03 bits per heavy atom. The molecule has 0 radical (unpaired) electrons. The number of nitrogens with zero attached hydrogens (tertiary/aromatic N) is 4. The lowest BCUT2D eigenvalue weighted by atomic mass is 9.75. The second-order valence-electron chi connectivity index (χ2n) is 9.62. The van der Waals surface area contributed by atoms with Crippen LogP contribution in [0.25, 0.3) is 10.9 Å². The number of ether oxygens (including phenoxy) is 2. The summed E-state index contributed by atoms with van der Waals surface area (Å²) in [6.07, 6.45) is 7.86. The summed E-state index contributed by atoms with van der Waals surface area (Å²) < 4.78 is 11.7. The highest BCUT2D eigenvalue weighted by molar-refractivity contribution is 5.90. The molecule has 1 atom stereocenters. The van der Waals surface area contributed by atoms with Gasteiger partial charge in [0.2, 0.25) is 0 Å². The number of aliphatic imine (C=N–C) groups is 1. The van der Waals surface area contributed by atoms with Crippen LogP contribution in [0.15, 0.2) is 60.0 Å². The average molecular weight is 481 g/mol. The molecule has 0 amide bonds. The zero-order chi connectivity index (χ0) is 24.9. The van der Waals surface area contributed by atoms with Gasteiger partial charge in [0.25, 0.3) is 0 Å². The normalized spacial score (nSPS) is 18.4. The van der Waals surface area contributed by atoms with E-state index in [9.17, 15) is 0 Å². The molecule has 0 saturated heterocycles. The van der Waals surface area contributed by atoms with Gasteiger partial charge in [0, 0.05) is 40.5 Å². The molecule has 0 aliphatic carbocycles. The summed E-state index contributed by atoms with van der Waals surface area (Å²) in [5.74, 6) is 3.82. The fourth-order valence-corrected chi connectivity index (χ4v) is 5.11. The first-order valence-electron chi connectivity index (χ1n) is 12.2. The zero-order valence-electron chi connectivity index (χ0n) is 20.6. The largest absolute Gasteiger partial charge is 0.495 e. The number of nitrogens with one attached hydrogen (secondary N) is 1. The van der Waals surface area contributed by atoms with E-state index in [1.54, 1.807) is 19.5 Å². The Balaban J connectivity index is 1.47. The van der Waals surface area contributed by atoms with Gasteiger partial charge in [-0.3, -0.25) is 9.98 Å². The van der Waals surface area contributed by atoms with Crippen LogP contribution in [0.2, 0.25) is 0 Å². The lowest BCUT2D eigenvalue weighted by molar-refractivity contribution is 0.368. The monoisotopic (exact) mass is 480 g/mol. The molecule has 8 nitrogen and oxygen atoms in total. The van der Waals surface area contributed by atoms with E-state index in [2.05, 4.69) is 46.2 Å². The second-order valence-corrected chi connectivity index (χ2v) is 9.62. The summed E-state index contributed by atoms with van der Waals surface area (Å²) in [4.78, 5) is 18.8. The summed E-state index contributed by atoms with van der Waals surface area (Å²) in [5.41, 5.74) is 10.4. The standard InChI is InChI=1S/C28H28N6O2/c1-16(2)22-13-21-24(15-31-22)36-23-7-6-18(12-20(23)28(21)9-4-5-25(29)34-28)33-27-26-17(8-10-30-27)11-19(35-3)14-32-26/h6-8,10-16H,4-5,9H2,1-3H3,(H2,29,34)(H,30,33)/t28-/m0/s1. The van der Waals surface area contributed by atoms with Gasteiger partial charge in [-0.1, -0.05) is 13.8 Å². The number of aromatic nitrogens is 3. The van der Waals surface area contributed by atoms with Crippen molar-refractivity contribution in [1.29, 1.82) is 0 Å². The van der Waals surface area contributed by atoms with Gasteiger partial charge in [-0.25, -0.2) is 9.97 Å². The van der Waals surface area contributed by atoms with E-state index in [1.165, 1.54) is 0 Å². The lowest BCUT2D eigenvalue weighted by Gasteiger charge is -2.40. The predicted molar refractivity (Wildman–Crippen MR) is 140 cm³/mol. The fraction of sp³-hybridized carbons (Fsp3) is 0.286. The molecule has 182 valence electrons. The number of nitrogens with two attached hydrogens (primary N) is 1. The number of benzene rings is 1. The minimum atomic E-state index is -0.618. The molecule has 2 aliphatic heterocycles. The summed E-state index contributed by atoms with van der Waals surface area (Å²) in [7, 11) is 1.63.